The molecule has 3 amide bonds. The number of thiazole rings is 1. The number of hydrogen-bond donors (Lipinski definition) is 4. The van der Waals surface area contributed by atoms with Gasteiger partial charge in [-0.25, -0.2) is 0 Å². The normalized spacial score (nSPS) is 18.8. The van der Waals surface area contributed by atoms with Crippen molar-refractivity contribution in [1.82, 2.24) is 20.5 Å². The van der Waals surface area contributed by atoms with E-state index in [1.807, 2.05) is 51.2 Å². The summed E-state index contributed by atoms with van der Waals surface area (Å²) < 4.78 is 0. The van der Waals surface area contributed by atoms with Crippen LogP contribution in [0.5, 0.6) is 0 Å². The van der Waals surface area contributed by atoms with Gasteiger partial charge in [0, 0.05) is 32.1 Å². The first-order valence-corrected chi connectivity index (χ1v) is 12.7. The van der Waals surface area contributed by atoms with E-state index < -0.39 is 23.6 Å². The summed E-state index contributed by atoms with van der Waals surface area (Å²) in [5, 5.41) is 16.0. The number of carbonyl (C=O) groups excluding carboxylic acids is 3. The minimum absolute atomic E-state index is 0.0473. The molecule has 2 aromatic rings. The monoisotopic (exact) mass is 501 g/mol. The summed E-state index contributed by atoms with van der Waals surface area (Å²) >= 11 is 1.56. The average molecular weight is 502 g/mol. The van der Waals surface area contributed by atoms with Crippen LogP contribution in [0, 0.1) is 5.41 Å². The summed E-state index contributed by atoms with van der Waals surface area (Å²) in [5.41, 5.74) is 8.67. The van der Waals surface area contributed by atoms with Crippen LogP contribution in [-0.4, -0.2) is 64.0 Å². The second-order valence-electron chi connectivity index (χ2n) is 9.94. The van der Waals surface area contributed by atoms with Gasteiger partial charge in [0.1, 0.15) is 12.1 Å². The number of aliphatic hydroxyl groups is 1. The number of nitrogens with two attached hydrogens (primary N) is 1. The molecule has 0 bridgehead atoms. The first-order chi connectivity index (χ1) is 16.6. The van der Waals surface area contributed by atoms with Gasteiger partial charge in [0.25, 0.3) is 0 Å². The Kier molecular flexibility index (Phi) is 8.98. The lowest BCUT2D eigenvalue weighted by molar-refractivity contribution is -0.144. The Bertz CT molecular complexity index is 1000. The van der Waals surface area contributed by atoms with Gasteiger partial charge in [-0.05, 0) is 29.5 Å². The van der Waals surface area contributed by atoms with Crippen LogP contribution in [0.2, 0.25) is 0 Å². The van der Waals surface area contributed by atoms with E-state index in [1.54, 1.807) is 16.8 Å². The fraction of sp³-hybridized carbons (Fsp3) is 0.520. The highest BCUT2D eigenvalue weighted by Crippen LogP contribution is 2.27. The van der Waals surface area contributed by atoms with E-state index in [2.05, 4.69) is 15.6 Å². The number of hydrogen-bond acceptors (Lipinski definition) is 7. The van der Waals surface area contributed by atoms with Gasteiger partial charge < -0.3 is 26.4 Å². The molecule has 1 saturated heterocycles. The van der Waals surface area contributed by atoms with Crippen LogP contribution < -0.4 is 16.4 Å². The number of carbonyl (C=O) groups is 3. The first-order valence-electron chi connectivity index (χ1n) is 11.8. The number of aliphatic hydroxyl groups excluding tert-OH is 1. The zero-order chi connectivity index (χ0) is 25.6. The van der Waals surface area contributed by atoms with Crippen LogP contribution in [-0.2, 0) is 20.9 Å². The maximum absolute atomic E-state index is 13.5. The molecule has 2 heterocycles. The lowest BCUT2D eigenvalue weighted by Crippen LogP contribution is -2.57. The molecule has 0 aliphatic carbocycles. The maximum atomic E-state index is 13.5. The van der Waals surface area contributed by atoms with Crippen molar-refractivity contribution in [2.45, 2.75) is 64.8 Å². The predicted molar refractivity (Wildman–Crippen MR) is 135 cm³/mol. The second kappa shape index (κ2) is 11.7. The third-order valence-electron chi connectivity index (χ3n) is 6.03. The molecule has 1 aliphatic rings. The minimum atomic E-state index is -0.826. The second-order valence-corrected chi connectivity index (χ2v) is 10.8. The maximum Gasteiger partial charge on any atom is 0.246 e. The number of benzene rings is 1. The molecule has 1 aromatic heterocycles. The van der Waals surface area contributed by atoms with Gasteiger partial charge >= 0.3 is 0 Å². The zero-order valence-corrected chi connectivity index (χ0v) is 21.3. The van der Waals surface area contributed by atoms with Crippen molar-refractivity contribution in [3.8, 4) is 10.4 Å². The van der Waals surface area contributed by atoms with E-state index in [-0.39, 0.29) is 37.1 Å². The van der Waals surface area contributed by atoms with Gasteiger partial charge in [-0.15, -0.1) is 11.3 Å². The van der Waals surface area contributed by atoms with Gasteiger partial charge in [0.2, 0.25) is 17.7 Å². The first kappa shape index (κ1) is 26.8. The Hall–Kier alpha value is -2.82. The van der Waals surface area contributed by atoms with Crippen molar-refractivity contribution >= 4 is 29.1 Å². The third-order valence-corrected chi connectivity index (χ3v) is 6.85. The van der Waals surface area contributed by atoms with E-state index >= 15 is 0 Å². The topological polar surface area (TPSA) is 138 Å². The fourth-order valence-corrected chi connectivity index (χ4v) is 4.70. The van der Waals surface area contributed by atoms with Crippen molar-refractivity contribution in [3.63, 3.8) is 0 Å². The van der Waals surface area contributed by atoms with Crippen LogP contribution in [0.4, 0.5) is 0 Å². The van der Waals surface area contributed by atoms with Crippen molar-refractivity contribution < 1.29 is 19.5 Å². The summed E-state index contributed by atoms with van der Waals surface area (Å²) in [7, 11) is 0. The number of nitrogens with one attached hydrogen (secondary N) is 2. The van der Waals surface area contributed by atoms with E-state index in [0.717, 1.165) is 16.0 Å². The van der Waals surface area contributed by atoms with E-state index in [4.69, 9.17) is 5.73 Å². The third kappa shape index (κ3) is 7.09. The quantitative estimate of drug-likeness (QED) is 0.412. The highest BCUT2D eigenvalue weighted by Gasteiger charge is 2.44. The number of nitrogens with zero attached hydrogens (tertiary/aromatic N) is 2. The largest absolute Gasteiger partial charge is 0.391 e. The highest BCUT2D eigenvalue weighted by atomic mass is 32.1. The van der Waals surface area contributed by atoms with Crippen LogP contribution in [0.1, 0.15) is 45.6 Å². The molecule has 0 spiro atoms. The molecule has 1 aliphatic heterocycles. The van der Waals surface area contributed by atoms with Crippen LogP contribution >= 0.6 is 11.3 Å². The molecule has 1 aromatic carbocycles. The molecule has 9 nitrogen and oxygen atoms in total. The Balaban J connectivity index is 1.65. The molecule has 3 atom stereocenters. The Morgan fingerprint density at radius 1 is 1.26 bits per heavy atom. The molecule has 5 N–H and O–H groups in total. The minimum Gasteiger partial charge on any atom is -0.391 e. The summed E-state index contributed by atoms with van der Waals surface area (Å²) in [6.07, 6.45) is 1.91. The van der Waals surface area contributed by atoms with Crippen LogP contribution in [0.15, 0.2) is 36.0 Å². The highest BCUT2D eigenvalue weighted by molar-refractivity contribution is 7.13. The van der Waals surface area contributed by atoms with Crippen molar-refractivity contribution in [3.05, 3.63) is 41.5 Å². The Labute approximate surface area is 210 Å². The molecule has 35 heavy (non-hydrogen) atoms. The van der Waals surface area contributed by atoms with E-state index in [1.165, 1.54) is 4.90 Å². The molecule has 190 valence electrons. The van der Waals surface area contributed by atoms with Gasteiger partial charge in [0.15, 0.2) is 0 Å². The van der Waals surface area contributed by atoms with Crippen LogP contribution in [0.25, 0.3) is 10.4 Å². The average Bonchev–Trinajstić information content (AvgIpc) is 3.49. The summed E-state index contributed by atoms with van der Waals surface area (Å²) in [6, 6.07) is 6.20. The molecule has 10 heteroatoms. The summed E-state index contributed by atoms with van der Waals surface area (Å²) in [6.45, 7) is 6.31. The SMILES string of the molecule is CC(C)(C)C(NC(=O)CCCN)C(=O)N1CC(O)CC1C(=O)NCc1ccc(-c2cncs2)cc1. The molecule has 3 rings (SSSR count). The van der Waals surface area contributed by atoms with Gasteiger partial charge in [-0.3, -0.25) is 19.4 Å². The molecular formula is C25H35N5O4S. The van der Waals surface area contributed by atoms with Gasteiger partial charge in [-0.1, -0.05) is 45.0 Å². The van der Waals surface area contributed by atoms with Crippen LogP contribution in [0.3, 0.4) is 0 Å². The number of amides is 3. The predicted octanol–water partition coefficient (Wildman–Crippen LogP) is 1.66. The molecule has 3 unspecified atom stereocenters. The van der Waals surface area contributed by atoms with Gasteiger partial charge in [-0.2, -0.15) is 0 Å². The smallest absolute Gasteiger partial charge is 0.246 e. The lowest BCUT2D eigenvalue weighted by atomic mass is 9.85. The Morgan fingerprint density at radius 3 is 2.57 bits per heavy atom. The number of β-amino-alcohol motifs (C(OH)–C–C–N with tert-alkyl or cyclic N) is 1. The van der Waals surface area contributed by atoms with Crippen molar-refractivity contribution in [1.29, 1.82) is 0 Å². The summed E-state index contributed by atoms with van der Waals surface area (Å²) in [4.78, 5) is 45.4. The molecular weight excluding hydrogens is 466 g/mol. The fourth-order valence-electron chi connectivity index (χ4n) is 4.07. The zero-order valence-electron chi connectivity index (χ0n) is 20.5. The summed E-state index contributed by atoms with van der Waals surface area (Å²) in [5.74, 6) is -0.959. The van der Waals surface area contributed by atoms with E-state index in [0.29, 0.717) is 19.5 Å². The number of likely N-dealkylation sites (tertiary alicyclic amines) is 1. The molecule has 1 fully saturated rings. The van der Waals surface area contributed by atoms with Gasteiger partial charge in [0.05, 0.1) is 16.5 Å². The van der Waals surface area contributed by atoms with E-state index in [9.17, 15) is 19.5 Å². The number of rotatable bonds is 9. The lowest BCUT2D eigenvalue weighted by Gasteiger charge is -2.35. The molecule has 0 saturated carbocycles. The standard InChI is InChI=1S/C25H35N5O4S/c1-25(2,3)22(29-21(32)5-4-10-26)24(34)30-14-18(31)11-19(30)23(33)28-12-16-6-8-17(9-7-16)20-13-27-15-35-20/h6-9,13,15,18-19,22,31H,4-5,10-12,14,26H2,1-3H3,(H,28,33)(H,29,32). The molecule has 0 radical (unpaired) electrons. The van der Waals surface area contributed by atoms with Crippen molar-refractivity contribution in [2.75, 3.05) is 13.1 Å². The van der Waals surface area contributed by atoms with Crippen molar-refractivity contribution in [2.24, 2.45) is 11.1 Å². The Morgan fingerprint density at radius 2 is 1.97 bits per heavy atom. The number of aromatic nitrogens is 1.